The molecule has 0 radical (unpaired) electrons. The molecule has 0 aromatic rings. The number of likely N-dealkylation sites (N-methyl/N-ethyl adjacent to an activating group) is 1. The molecular weight excluding hydrogens is 216 g/mol. The van der Waals surface area contributed by atoms with Crippen LogP contribution in [-0.2, 0) is 4.74 Å². The average molecular weight is 242 g/mol. The first-order chi connectivity index (χ1) is 8.06. The lowest BCUT2D eigenvalue weighted by Gasteiger charge is -2.45. The van der Waals surface area contributed by atoms with Crippen LogP contribution in [0, 0.1) is 5.41 Å². The molecule has 2 aliphatic heterocycles. The second-order valence-corrected chi connectivity index (χ2v) is 6.02. The fourth-order valence-electron chi connectivity index (χ4n) is 3.07. The molecule has 0 aromatic carbocycles. The number of ether oxygens (including phenoxy) is 1. The molecule has 0 amide bonds. The lowest BCUT2D eigenvalue weighted by atomic mass is 9.87. The lowest BCUT2D eigenvalue weighted by molar-refractivity contribution is 0.00726. The van der Waals surface area contributed by atoms with Crippen LogP contribution in [-0.4, -0.2) is 73.5 Å². The van der Waals surface area contributed by atoms with Gasteiger partial charge in [0.05, 0.1) is 13.2 Å². The number of aliphatic hydroxyl groups excluding tert-OH is 1. The number of hydrogen-bond donors (Lipinski definition) is 1. The van der Waals surface area contributed by atoms with Gasteiger partial charge in [0.1, 0.15) is 0 Å². The van der Waals surface area contributed by atoms with E-state index in [2.05, 4.69) is 30.7 Å². The summed E-state index contributed by atoms with van der Waals surface area (Å²) in [4.78, 5) is 4.94. The molecule has 4 nitrogen and oxygen atoms in total. The Labute approximate surface area is 105 Å². The minimum atomic E-state index is -0.00461. The summed E-state index contributed by atoms with van der Waals surface area (Å²) in [6.07, 6.45) is 0.999. The van der Waals surface area contributed by atoms with E-state index in [1.807, 2.05) is 0 Å². The maximum atomic E-state index is 9.61. The predicted octanol–water partition coefficient (Wildman–Crippen LogP) is 0.410. The van der Waals surface area contributed by atoms with Crippen molar-refractivity contribution in [2.45, 2.75) is 32.4 Å². The van der Waals surface area contributed by atoms with Crippen LogP contribution in [0.1, 0.15) is 20.3 Å². The van der Waals surface area contributed by atoms with Crippen molar-refractivity contribution in [3.8, 4) is 0 Å². The fourth-order valence-corrected chi connectivity index (χ4v) is 3.07. The third-order valence-electron chi connectivity index (χ3n) is 4.51. The van der Waals surface area contributed by atoms with Gasteiger partial charge in [-0.2, -0.15) is 0 Å². The van der Waals surface area contributed by atoms with Gasteiger partial charge in [0.25, 0.3) is 0 Å². The van der Waals surface area contributed by atoms with Gasteiger partial charge in [-0.3, -0.25) is 9.80 Å². The van der Waals surface area contributed by atoms with Crippen LogP contribution in [0.5, 0.6) is 0 Å². The highest BCUT2D eigenvalue weighted by Crippen LogP contribution is 2.30. The topological polar surface area (TPSA) is 35.9 Å². The van der Waals surface area contributed by atoms with Gasteiger partial charge in [0.15, 0.2) is 0 Å². The van der Waals surface area contributed by atoms with Crippen LogP contribution in [0.2, 0.25) is 0 Å². The lowest BCUT2D eigenvalue weighted by Crippen LogP contribution is -2.57. The van der Waals surface area contributed by atoms with Gasteiger partial charge in [-0.05, 0) is 27.3 Å². The van der Waals surface area contributed by atoms with Crippen molar-refractivity contribution in [3.63, 3.8) is 0 Å². The molecule has 0 spiro atoms. The zero-order chi connectivity index (χ0) is 12.5. The second-order valence-electron chi connectivity index (χ2n) is 6.02. The number of rotatable bonds is 3. The van der Waals surface area contributed by atoms with Crippen LogP contribution in [0.3, 0.4) is 0 Å². The summed E-state index contributed by atoms with van der Waals surface area (Å²) in [5.74, 6) is 0. The molecule has 2 heterocycles. The molecule has 0 saturated carbocycles. The van der Waals surface area contributed by atoms with E-state index in [9.17, 15) is 5.11 Å². The van der Waals surface area contributed by atoms with Gasteiger partial charge in [-0.1, -0.05) is 0 Å². The summed E-state index contributed by atoms with van der Waals surface area (Å²) in [5.41, 5.74) is -0.00461. The van der Waals surface area contributed by atoms with E-state index < -0.39 is 0 Å². The quantitative estimate of drug-likeness (QED) is 0.777. The summed E-state index contributed by atoms with van der Waals surface area (Å²) in [7, 11) is 2.20. The van der Waals surface area contributed by atoms with Crippen molar-refractivity contribution in [1.29, 1.82) is 0 Å². The molecule has 4 heteroatoms. The smallest absolute Gasteiger partial charge is 0.0557 e. The normalized spacial score (nSPS) is 40.9. The first-order valence-electron chi connectivity index (χ1n) is 6.69. The standard InChI is InChI=1S/C13H26N2O2/c1-11-6-15(7-12(2)14(11)3)8-13(9-16)4-5-17-10-13/h11-12,16H,4-10H2,1-3H3. The van der Waals surface area contributed by atoms with Gasteiger partial charge in [-0.15, -0.1) is 0 Å². The summed E-state index contributed by atoms with van der Waals surface area (Å²) in [6, 6.07) is 1.19. The zero-order valence-corrected chi connectivity index (χ0v) is 11.4. The Morgan fingerprint density at radius 1 is 1.29 bits per heavy atom. The van der Waals surface area contributed by atoms with Crippen molar-refractivity contribution in [2.75, 3.05) is 46.5 Å². The Kier molecular flexibility index (Phi) is 4.08. The summed E-state index contributed by atoms with van der Waals surface area (Å²) < 4.78 is 5.47. The van der Waals surface area contributed by atoms with E-state index in [4.69, 9.17) is 4.74 Å². The predicted molar refractivity (Wildman–Crippen MR) is 68.1 cm³/mol. The van der Waals surface area contributed by atoms with E-state index in [0.29, 0.717) is 12.1 Å². The Bertz CT molecular complexity index is 242. The van der Waals surface area contributed by atoms with Crippen LogP contribution in [0.15, 0.2) is 0 Å². The first-order valence-corrected chi connectivity index (χ1v) is 6.69. The molecule has 2 fully saturated rings. The molecule has 100 valence electrons. The van der Waals surface area contributed by atoms with Crippen LogP contribution >= 0.6 is 0 Å². The molecule has 3 atom stereocenters. The van der Waals surface area contributed by atoms with E-state index in [1.54, 1.807) is 0 Å². The van der Waals surface area contributed by atoms with Crippen LogP contribution in [0.4, 0.5) is 0 Å². The number of nitrogens with zero attached hydrogens (tertiary/aromatic N) is 2. The monoisotopic (exact) mass is 242 g/mol. The Morgan fingerprint density at radius 3 is 2.41 bits per heavy atom. The highest BCUT2D eigenvalue weighted by molar-refractivity contribution is 4.90. The van der Waals surface area contributed by atoms with E-state index in [1.165, 1.54) is 0 Å². The highest BCUT2D eigenvalue weighted by Gasteiger charge is 2.38. The minimum Gasteiger partial charge on any atom is -0.396 e. The van der Waals surface area contributed by atoms with Gasteiger partial charge in [-0.25, -0.2) is 0 Å². The number of hydrogen-bond acceptors (Lipinski definition) is 4. The highest BCUT2D eigenvalue weighted by atomic mass is 16.5. The molecule has 2 saturated heterocycles. The Hall–Kier alpha value is -0.160. The fraction of sp³-hybridized carbons (Fsp3) is 1.00. The average Bonchev–Trinajstić information content (AvgIpc) is 2.75. The second kappa shape index (κ2) is 5.22. The van der Waals surface area contributed by atoms with Gasteiger partial charge in [0.2, 0.25) is 0 Å². The third kappa shape index (κ3) is 2.81. The van der Waals surface area contributed by atoms with E-state index in [0.717, 1.165) is 39.3 Å². The molecule has 0 aliphatic carbocycles. The van der Waals surface area contributed by atoms with Crippen LogP contribution in [0.25, 0.3) is 0 Å². The maximum Gasteiger partial charge on any atom is 0.0557 e. The van der Waals surface area contributed by atoms with Crippen molar-refractivity contribution >= 4 is 0 Å². The third-order valence-corrected chi connectivity index (χ3v) is 4.51. The van der Waals surface area contributed by atoms with Crippen molar-refractivity contribution in [3.05, 3.63) is 0 Å². The molecule has 17 heavy (non-hydrogen) atoms. The van der Waals surface area contributed by atoms with Gasteiger partial charge < -0.3 is 9.84 Å². The summed E-state index contributed by atoms with van der Waals surface area (Å²) in [5, 5.41) is 9.61. The summed E-state index contributed by atoms with van der Waals surface area (Å²) >= 11 is 0. The van der Waals surface area contributed by atoms with Crippen molar-refractivity contribution in [1.82, 2.24) is 9.80 Å². The molecular formula is C13H26N2O2. The van der Waals surface area contributed by atoms with Crippen molar-refractivity contribution in [2.24, 2.45) is 5.41 Å². The van der Waals surface area contributed by atoms with Gasteiger partial charge in [0, 0.05) is 43.7 Å². The molecule has 2 aliphatic rings. The first kappa shape index (κ1) is 13.3. The largest absolute Gasteiger partial charge is 0.396 e. The SMILES string of the molecule is CC1CN(CC2(CO)CCOC2)CC(C)N1C. The molecule has 3 unspecified atom stereocenters. The van der Waals surface area contributed by atoms with E-state index >= 15 is 0 Å². The molecule has 1 N–H and O–H groups in total. The Morgan fingerprint density at radius 2 is 1.94 bits per heavy atom. The summed E-state index contributed by atoms with van der Waals surface area (Å²) in [6.45, 7) is 9.51. The molecule has 2 rings (SSSR count). The van der Waals surface area contributed by atoms with Crippen molar-refractivity contribution < 1.29 is 9.84 Å². The van der Waals surface area contributed by atoms with E-state index in [-0.39, 0.29) is 12.0 Å². The number of piperazine rings is 1. The number of aliphatic hydroxyl groups is 1. The Balaban J connectivity index is 1.94. The molecule has 0 bridgehead atoms. The minimum absolute atomic E-state index is 0.00461. The molecule has 0 aromatic heterocycles. The van der Waals surface area contributed by atoms with Crippen LogP contribution < -0.4 is 0 Å². The maximum absolute atomic E-state index is 9.61. The zero-order valence-electron chi connectivity index (χ0n) is 11.4. The van der Waals surface area contributed by atoms with Gasteiger partial charge >= 0.3 is 0 Å².